The van der Waals surface area contributed by atoms with Gasteiger partial charge in [-0.15, -0.1) is 0 Å². The van der Waals surface area contributed by atoms with Gasteiger partial charge in [0.2, 0.25) is 0 Å². The Labute approximate surface area is 239 Å². The van der Waals surface area contributed by atoms with Gasteiger partial charge in [-0.1, -0.05) is 41.3 Å². The zero-order chi connectivity index (χ0) is 28.1. The Morgan fingerprint density at radius 2 is 1.93 bits per heavy atom. The molecule has 0 unspecified atom stereocenters. The number of fused-ring (bicyclic) bond motifs is 1. The topological polar surface area (TPSA) is 94.8 Å². The van der Waals surface area contributed by atoms with E-state index in [-0.39, 0.29) is 18.1 Å². The van der Waals surface area contributed by atoms with Crippen molar-refractivity contribution in [1.29, 1.82) is 0 Å². The van der Waals surface area contributed by atoms with E-state index in [1.807, 2.05) is 12.1 Å². The lowest BCUT2D eigenvalue weighted by Gasteiger charge is -2.22. The van der Waals surface area contributed by atoms with Crippen LogP contribution >= 0.6 is 15.9 Å². The minimum absolute atomic E-state index is 0.128. The van der Waals surface area contributed by atoms with Gasteiger partial charge in [0.15, 0.2) is 18.1 Å². The van der Waals surface area contributed by atoms with Crippen molar-refractivity contribution in [3.63, 3.8) is 0 Å². The van der Waals surface area contributed by atoms with Gasteiger partial charge in [-0.05, 0) is 67.4 Å². The van der Waals surface area contributed by atoms with E-state index in [1.165, 1.54) is 48.7 Å². The van der Waals surface area contributed by atoms with Crippen LogP contribution in [0.2, 0.25) is 0 Å². The highest BCUT2D eigenvalue weighted by Crippen LogP contribution is 2.33. The first-order valence-electron chi connectivity index (χ1n) is 13.0. The van der Waals surface area contributed by atoms with Crippen LogP contribution in [0.25, 0.3) is 10.9 Å². The highest BCUT2D eigenvalue weighted by molar-refractivity contribution is 9.10. The van der Waals surface area contributed by atoms with Crippen molar-refractivity contribution in [3.05, 3.63) is 92.7 Å². The van der Waals surface area contributed by atoms with Crippen LogP contribution in [0.15, 0.2) is 75.0 Å². The molecule has 1 heterocycles. The fourth-order valence-electron chi connectivity index (χ4n) is 4.84. The minimum atomic E-state index is -0.430. The van der Waals surface area contributed by atoms with E-state index in [2.05, 4.69) is 26.3 Å². The first-order valence-corrected chi connectivity index (χ1v) is 13.8. The first-order chi connectivity index (χ1) is 19.4. The van der Waals surface area contributed by atoms with Gasteiger partial charge in [-0.25, -0.2) is 9.37 Å². The number of halogens is 2. The van der Waals surface area contributed by atoms with E-state index in [0.717, 1.165) is 30.2 Å². The summed E-state index contributed by atoms with van der Waals surface area (Å²) in [5, 5.41) is 7.73. The van der Waals surface area contributed by atoms with Crippen molar-refractivity contribution in [2.45, 2.75) is 38.0 Å². The molecule has 8 nitrogen and oxygen atoms in total. The molecule has 10 heteroatoms. The SMILES string of the molecule is COc1cccc(C=Nn2c(C3CCCCC3)nc3ccc(Br)cc3c2=O)c1OCC(=O)Nc1ccc(F)cc1. The molecule has 1 saturated carbocycles. The third-order valence-electron chi connectivity index (χ3n) is 6.82. The monoisotopic (exact) mass is 606 g/mol. The predicted molar refractivity (Wildman–Crippen MR) is 156 cm³/mol. The molecule has 1 amide bonds. The number of carbonyl (C=O) groups excluding carboxylic acids is 1. The van der Waals surface area contributed by atoms with Gasteiger partial charge in [-0.3, -0.25) is 9.59 Å². The molecule has 1 N–H and O–H groups in total. The van der Waals surface area contributed by atoms with E-state index in [9.17, 15) is 14.0 Å². The third kappa shape index (κ3) is 6.22. The van der Waals surface area contributed by atoms with Crippen molar-refractivity contribution in [2.75, 3.05) is 19.0 Å². The molecule has 1 fully saturated rings. The van der Waals surface area contributed by atoms with Gasteiger partial charge >= 0.3 is 0 Å². The average Bonchev–Trinajstić information content (AvgIpc) is 2.97. The van der Waals surface area contributed by atoms with E-state index in [1.54, 1.807) is 24.3 Å². The fourth-order valence-corrected chi connectivity index (χ4v) is 5.20. The molecular weight excluding hydrogens is 579 g/mol. The fraction of sp³-hybridized carbons (Fsp3) is 0.267. The Hall–Kier alpha value is -4.05. The van der Waals surface area contributed by atoms with Crippen LogP contribution in [0.4, 0.5) is 10.1 Å². The number of carbonyl (C=O) groups is 1. The molecular formula is C30H28BrFN4O4. The zero-order valence-corrected chi connectivity index (χ0v) is 23.5. The summed E-state index contributed by atoms with van der Waals surface area (Å²) < 4.78 is 26.7. The number of aromatic nitrogens is 2. The highest BCUT2D eigenvalue weighted by Gasteiger charge is 2.23. The van der Waals surface area contributed by atoms with Crippen molar-refractivity contribution >= 4 is 44.6 Å². The Bertz CT molecular complexity index is 1620. The van der Waals surface area contributed by atoms with Gasteiger partial charge in [0.25, 0.3) is 11.5 Å². The number of benzene rings is 3. The Balaban J connectivity index is 1.47. The zero-order valence-electron chi connectivity index (χ0n) is 21.9. The molecule has 0 bridgehead atoms. The van der Waals surface area contributed by atoms with E-state index in [0.29, 0.717) is 39.5 Å². The Kier molecular flexibility index (Phi) is 8.54. The number of methoxy groups -OCH3 is 1. The quantitative estimate of drug-likeness (QED) is 0.239. The molecule has 1 aliphatic rings. The van der Waals surface area contributed by atoms with Crippen LogP contribution in [0.3, 0.4) is 0 Å². The lowest BCUT2D eigenvalue weighted by molar-refractivity contribution is -0.118. The molecule has 5 rings (SSSR count). The maximum absolute atomic E-state index is 13.6. The van der Waals surface area contributed by atoms with Crippen molar-refractivity contribution in [2.24, 2.45) is 5.10 Å². The van der Waals surface area contributed by atoms with Crippen molar-refractivity contribution in [1.82, 2.24) is 9.66 Å². The summed E-state index contributed by atoms with van der Waals surface area (Å²) in [5.74, 6) is 0.640. The van der Waals surface area contributed by atoms with Crippen molar-refractivity contribution in [3.8, 4) is 11.5 Å². The second kappa shape index (κ2) is 12.4. The average molecular weight is 607 g/mol. The largest absolute Gasteiger partial charge is 0.493 e. The summed E-state index contributed by atoms with van der Waals surface area (Å²) in [5.41, 5.74) is 1.34. The summed E-state index contributed by atoms with van der Waals surface area (Å²) in [4.78, 5) is 31.0. The molecule has 4 aromatic rings. The summed E-state index contributed by atoms with van der Waals surface area (Å²) in [6, 6.07) is 16.1. The number of hydrogen-bond donors (Lipinski definition) is 1. The van der Waals surface area contributed by atoms with Gasteiger partial charge < -0.3 is 14.8 Å². The Morgan fingerprint density at radius 1 is 1.15 bits per heavy atom. The number of ether oxygens (including phenoxy) is 2. The molecule has 0 aliphatic heterocycles. The molecule has 40 heavy (non-hydrogen) atoms. The number of para-hydroxylation sites is 1. The summed E-state index contributed by atoms with van der Waals surface area (Å²) in [6.07, 6.45) is 6.74. The molecule has 0 radical (unpaired) electrons. The molecule has 1 aromatic heterocycles. The van der Waals surface area contributed by atoms with Gasteiger partial charge in [0.1, 0.15) is 11.6 Å². The number of nitrogens with zero attached hydrogens (tertiary/aromatic N) is 3. The second-order valence-corrected chi connectivity index (χ2v) is 10.5. The first kappa shape index (κ1) is 27.5. The number of rotatable bonds is 8. The second-order valence-electron chi connectivity index (χ2n) is 9.55. The molecule has 0 atom stereocenters. The van der Waals surface area contributed by atoms with Crippen LogP contribution in [0.5, 0.6) is 11.5 Å². The number of hydrogen-bond acceptors (Lipinski definition) is 6. The maximum atomic E-state index is 13.6. The molecule has 1 aliphatic carbocycles. The standard InChI is InChI=1S/C30H28BrFN4O4/c1-39-26-9-5-8-20(28(26)40-18-27(37)34-23-13-11-22(32)12-14-23)17-33-36-29(19-6-3-2-4-7-19)35-25-15-10-21(31)16-24(25)30(36)38/h5,8-17,19H,2-4,6-7,18H2,1H3,(H,34,37). The van der Waals surface area contributed by atoms with E-state index < -0.39 is 11.7 Å². The highest BCUT2D eigenvalue weighted by atomic mass is 79.9. The molecule has 206 valence electrons. The van der Waals surface area contributed by atoms with Gasteiger partial charge in [0, 0.05) is 21.6 Å². The molecule has 3 aromatic carbocycles. The normalized spacial score (nSPS) is 14.0. The van der Waals surface area contributed by atoms with Crippen LogP contribution in [-0.4, -0.2) is 35.5 Å². The summed E-state index contributed by atoms with van der Waals surface area (Å²) in [6.45, 7) is -0.322. The third-order valence-corrected chi connectivity index (χ3v) is 7.31. The number of anilines is 1. The smallest absolute Gasteiger partial charge is 0.282 e. The lowest BCUT2D eigenvalue weighted by atomic mass is 9.88. The van der Waals surface area contributed by atoms with Gasteiger partial charge in [-0.2, -0.15) is 9.78 Å². The Morgan fingerprint density at radius 3 is 2.67 bits per heavy atom. The number of nitrogens with one attached hydrogen (secondary N) is 1. The van der Waals surface area contributed by atoms with Crippen LogP contribution in [-0.2, 0) is 4.79 Å². The summed E-state index contributed by atoms with van der Waals surface area (Å²) in [7, 11) is 1.50. The van der Waals surface area contributed by atoms with Crippen LogP contribution in [0.1, 0.15) is 49.4 Å². The van der Waals surface area contributed by atoms with E-state index in [4.69, 9.17) is 14.5 Å². The minimum Gasteiger partial charge on any atom is -0.493 e. The van der Waals surface area contributed by atoms with Crippen LogP contribution in [0, 0.1) is 5.82 Å². The van der Waals surface area contributed by atoms with E-state index >= 15 is 0 Å². The lowest BCUT2D eigenvalue weighted by Crippen LogP contribution is -2.25. The number of amides is 1. The predicted octanol–water partition coefficient (Wildman–Crippen LogP) is 6.25. The van der Waals surface area contributed by atoms with Crippen LogP contribution < -0.4 is 20.3 Å². The van der Waals surface area contributed by atoms with Crippen molar-refractivity contribution < 1.29 is 18.7 Å². The molecule has 0 saturated heterocycles. The molecule has 0 spiro atoms. The maximum Gasteiger partial charge on any atom is 0.282 e. The van der Waals surface area contributed by atoms with Gasteiger partial charge in [0.05, 0.1) is 24.2 Å². The summed E-state index contributed by atoms with van der Waals surface area (Å²) >= 11 is 3.45.